The third-order valence-electron chi connectivity index (χ3n) is 2.36. The largest absolute Gasteiger partial charge is 0.478 e. The molecule has 7 heteroatoms. The Balaban J connectivity index is 3.31. The van der Waals surface area contributed by atoms with E-state index in [2.05, 4.69) is 6.58 Å². The van der Waals surface area contributed by atoms with Crippen molar-refractivity contribution >= 4 is 16.0 Å². The molecule has 0 unspecified atom stereocenters. The molecule has 104 valence electrons. The summed E-state index contributed by atoms with van der Waals surface area (Å²) in [7, 11) is -2.81. The summed E-state index contributed by atoms with van der Waals surface area (Å²) < 4.78 is 38.8. The Morgan fingerprint density at radius 1 is 1.47 bits per heavy atom. The minimum atomic E-state index is -4.09. The molecule has 19 heavy (non-hydrogen) atoms. The van der Waals surface area contributed by atoms with Crippen LogP contribution < -0.4 is 0 Å². The maximum Gasteiger partial charge on any atom is 0.335 e. The molecule has 5 nitrogen and oxygen atoms in total. The summed E-state index contributed by atoms with van der Waals surface area (Å²) in [4.78, 5) is 10.1. The quantitative estimate of drug-likeness (QED) is 0.837. The van der Waals surface area contributed by atoms with E-state index in [9.17, 15) is 17.6 Å². The molecular weight excluding hydrogens is 273 g/mol. The summed E-state index contributed by atoms with van der Waals surface area (Å²) >= 11 is 0. The van der Waals surface area contributed by atoms with E-state index in [0.717, 1.165) is 22.5 Å². The van der Waals surface area contributed by atoms with Crippen LogP contribution in [-0.2, 0) is 10.0 Å². The van der Waals surface area contributed by atoms with Gasteiger partial charge in [0, 0.05) is 13.6 Å². The maximum absolute atomic E-state index is 13.6. The Morgan fingerprint density at radius 3 is 2.53 bits per heavy atom. The van der Waals surface area contributed by atoms with Gasteiger partial charge in [0.1, 0.15) is 10.7 Å². The molecule has 1 aromatic carbocycles. The van der Waals surface area contributed by atoms with Crippen molar-refractivity contribution in [3.8, 4) is 0 Å². The average molecular weight is 287 g/mol. The summed E-state index contributed by atoms with van der Waals surface area (Å²) in [6.45, 7) is 5.24. The van der Waals surface area contributed by atoms with Gasteiger partial charge in [-0.25, -0.2) is 17.6 Å². The van der Waals surface area contributed by atoms with Crippen molar-refractivity contribution < 1.29 is 22.7 Å². The van der Waals surface area contributed by atoms with Crippen molar-refractivity contribution in [2.24, 2.45) is 0 Å². The van der Waals surface area contributed by atoms with E-state index in [1.165, 1.54) is 7.05 Å². The van der Waals surface area contributed by atoms with Gasteiger partial charge in [-0.1, -0.05) is 12.2 Å². The van der Waals surface area contributed by atoms with Gasteiger partial charge >= 0.3 is 5.97 Å². The maximum atomic E-state index is 13.6. The number of likely N-dealkylation sites (N-methyl/N-ethyl adjacent to an activating group) is 1. The summed E-state index contributed by atoms with van der Waals surface area (Å²) in [5, 5.41) is 8.80. The van der Waals surface area contributed by atoms with E-state index in [4.69, 9.17) is 5.11 Å². The first-order chi connectivity index (χ1) is 8.66. The highest BCUT2D eigenvalue weighted by molar-refractivity contribution is 7.89. The molecular formula is C12H14FNO4S. The van der Waals surface area contributed by atoms with Gasteiger partial charge in [-0.2, -0.15) is 4.31 Å². The number of carboxylic acid groups (broad SMARTS) is 1. The Morgan fingerprint density at radius 2 is 2.05 bits per heavy atom. The van der Waals surface area contributed by atoms with Crippen LogP contribution in [0.4, 0.5) is 4.39 Å². The number of hydrogen-bond acceptors (Lipinski definition) is 3. The number of carbonyl (C=O) groups is 1. The van der Waals surface area contributed by atoms with Crippen LogP contribution in [0.3, 0.4) is 0 Å². The van der Waals surface area contributed by atoms with Crippen LogP contribution >= 0.6 is 0 Å². The fourth-order valence-electron chi connectivity index (χ4n) is 1.47. The molecule has 0 fully saturated rings. The van der Waals surface area contributed by atoms with Gasteiger partial charge in [0.25, 0.3) is 0 Å². The van der Waals surface area contributed by atoms with E-state index in [1.54, 1.807) is 6.92 Å². The minimum Gasteiger partial charge on any atom is -0.478 e. The van der Waals surface area contributed by atoms with Gasteiger partial charge < -0.3 is 5.11 Å². The lowest BCUT2D eigenvalue weighted by atomic mass is 10.2. The lowest BCUT2D eigenvalue weighted by Gasteiger charge is -2.17. The normalized spacial score (nSPS) is 11.6. The van der Waals surface area contributed by atoms with Gasteiger partial charge in [0.2, 0.25) is 10.0 Å². The number of nitrogens with zero attached hydrogens (tertiary/aromatic N) is 1. The van der Waals surface area contributed by atoms with E-state index >= 15 is 0 Å². The second-order valence-corrected chi connectivity index (χ2v) is 6.18. The van der Waals surface area contributed by atoms with Crippen molar-refractivity contribution in [1.29, 1.82) is 0 Å². The van der Waals surface area contributed by atoms with Gasteiger partial charge in [0.15, 0.2) is 0 Å². The Labute approximate surface area is 111 Å². The molecule has 0 heterocycles. The average Bonchev–Trinajstić information content (AvgIpc) is 2.27. The zero-order valence-electron chi connectivity index (χ0n) is 10.6. The number of carboxylic acids is 1. The molecule has 1 aromatic rings. The Hall–Kier alpha value is -1.73. The minimum absolute atomic E-state index is 0.0269. The van der Waals surface area contributed by atoms with Crippen molar-refractivity contribution in [3.05, 3.63) is 41.7 Å². The van der Waals surface area contributed by atoms with Crippen molar-refractivity contribution in [3.63, 3.8) is 0 Å². The lowest BCUT2D eigenvalue weighted by Crippen LogP contribution is -2.29. The van der Waals surface area contributed by atoms with Gasteiger partial charge in [-0.05, 0) is 25.1 Å². The number of hydrogen-bond donors (Lipinski definition) is 1. The smallest absolute Gasteiger partial charge is 0.335 e. The topological polar surface area (TPSA) is 74.7 Å². The zero-order chi connectivity index (χ0) is 14.8. The first-order valence-electron chi connectivity index (χ1n) is 5.30. The molecule has 1 N–H and O–H groups in total. The summed E-state index contributed by atoms with van der Waals surface area (Å²) in [5.41, 5.74) is 0.296. The Bertz CT molecular complexity index is 625. The molecule has 0 saturated carbocycles. The van der Waals surface area contributed by atoms with E-state index < -0.39 is 26.7 Å². The molecule has 0 spiro atoms. The molecule has 0 aliphatic rings. The highest BCUT2D eigenvalue weighted by Gasteiger charge is 2.25. The van der Waals surface area contributed by atoms with Crippen LogP contribution in [0, 0.1) is 5.82 Å². The van der Waals surface area contributed by atoms with E-state index in [0.29, 0.717) is 5.57 Å². The van der Waals surface area contributed by atoms with Gasteiger partial charge in [0.05, 0.1) is 5.56 Å². The standard InChI is InChI=1S/C12H14FNO4S/c1-8(2)7-14(3)19(17,18)11-6-9(12(15)16)4-5-10(11)13/h4-6H,1,7H2,2-3H3,(H,15,16). The molecule has 0 aromatic heterocycles. The number of halogens is 1. The number of rotatable bonds is 5. The van der Waals surface area contributed by atoms with E-state index in [1.807, 2.05) is 0 Å². The number of benzene rings is 1. The highest BCUT2D eigenvalue weighted by Crippen LogP contribution is 2.20. The lowest BCUT2D eigenvalue weighted by molar-refractivity contribution is 0.0696. The van der Waals surface area contributed by atoms with Gasteiger partial charge in [-0.3, -0.25) is 0 Å². The number of sulfonamides is 1. The number of aromatic carboxylic acids is 1. The van der Waals surface area contributed by atoms with Crippen molar-refractivity contribution in [2.75, 3.05) is 13.6 Å². The van der Waals surface area contributed by atoms with Crippen LogP contribution in [0.15, 0.2) is 35.2 Å². The van der Waals surface area contributed by atoms with Crippen LogP contribution in [0.1, 0.15) is 17.3 Å². The summed E-state index contributed by atoms with van der Waals surface area (Å²) in [6, 6.07) is 2.64. The molecule has 0 radical (unpaired) electrons. The van der Waals surface area contributed by atoms with Crippen LogP contribution in [-0.4, -0.2) is 37.4 Å². The SMILES string of the molecule is C=C(C)CN(C)S(=O)(=O)c1cc(C(=O)O)ccc1F. The van der Waals surface area contributed by atoms with E-state index in [-0.39, 0.29) is 12.1 Å². The van der Waals surface area contributed by atoms with Crippen LogP contribution in [0.2, 0.25) is 0 Å². The van der Waals surface area contributed by atoms with Crippen molar-refractivity contribution in [1.82, 2.24) is 4.31 Å². The molecule has 0 aliphatic heterocycles. The van der Waals surface area contributed by atoms with Crippen molar-refractivity contribution in [2.45, 2.75) is 11.8 Å². The predicted octanol–water partition coefficient (Wildman–Crippen LogP) is 1.72. The highest BCUT2D eigenvalue weighted by atomic mass is 32.2. The van der Waals surface area contributed by atoms with Crippen LogP contribution in [0.25, 0.3) is 0 Å². The van der Waals surface area contributed by atoms with Crippen LogP contribution in [0.5, 0.6) is 0 Å². The summed E-state index contributed by atoms with van der Waals surface area (Å²) in [6.07, 6.45) is 0. The molecule has 0 bridgehead atoms. The van der Waals surface area contributed by atoms with Gasteiger partial charge in [-0.15, -0.1) is 0 Å². The predicted molar refractivity (Wildman–Crippen MR) is 68.0 cm³/mol. The second-order valence-electron chi connectivity index (χ2n) is 4.17. The molecule has 0 atom stereocenters. The second kappa shape index (κ2) is 5.50. The molecule has 0 aliphatic carbocycles. The third kappa shape index (κ3) is 3.39. The molecule has 1 rings (SSSR count). The monoisotopic (exact) mass is 287 g/mol. The third-order valence-corrected chi connectivity index (χ3v) is 4.18. The Kier molecular flexibility index (Phi) is 4.43. The molecule has 0 saturated heterocycles. The fourth-order valence-corrected chi connectivity index (χ4v) is 2.78. The zero-order valence-corrected chi connectivity index (χ0v) is 11.4. The summed E-state index contributed by atoms with van der Waals surface area (Å²) in [5.74, 6) is -2.31. The first-order valence-corrected chi connectivity index (χ1v) is 6.74. The fraction of sp³-hybridized carbons (Fsp3) is 0.250. The first kappa shape index (κ1) is 15.3. The molecule has 0 amide bonds.